The predicted molar refractivity (Wildman–Crippen MR) is 79.4 cm³/mol. The van der Waals surface area contributed by atoms with Crippen LogP contribution in [0.5, 0.6) is 0 Å². The molecule has 4 nitrogen and oxygen atoms in total. The number of aromatic nitrogens is 1. The van der Waals surface area contributed by atoms with Crippen LogP contribution in [0.4, 0.5) is 5.13 Å². The second-order valence-electron chi connectivity index (χ2n) is 5.58. The topological polar surface area (TPSA) is 54.0 Å². The first kappa shape index (κ1) is 14.5. The van der Waals surface area contributed by atoms with Crippen molar-refractivity contribution < 1.29 is 4.79 Å². The van der Waals surface area contributed by atoms with Gasteiger partial charge in [-0.15, -0.1) is 11.3 Å². The summed E-state index contributed by atoms with van der Waals surface area (Å²) in [7, 11) is 0. The molecule has 0 bridgehead atoms. The van der Waals surface area contributed by atoms with Gasteiger partial charge in [0.25, 0.3) is 0 Å². The fourth-order valence-electron chi connectivity index (χ4n) is 2.58. The summed E-state index contributed by atoms with van der Waals surface area (Å²) in [4.78, 5) is 16.8. The third-order valence-electron chi connectivity index (χ3n) is 3.95. The van der Waals surface area contributed by atoms with Crippen LogP contribution in [0.3, 0.4) is 0 Å². The van der Waals surface area contributed by atoms with Crippen LogP contribution < -0.4 is 10.6 Å². The lowest BCUT2D eigenvalue weighted by Gasteiger charge is -2.21. The van der Waals surface area contributed by atoms with E-state index in [2.05, 4.69) is 36.4 Å². The first-order chi connectivity index (χ1) is 9.05. The fraction of sp³-hybridized carbons (Fsp3) is 0.714. The molecule has 1 aliphatic rings. The number of hydrogen-bond donors (Lipinski definition) is 2. The van der Waals surface area contributed by atoms with Gasteiger partial charge in [-0.05, 0) is 26.3 Å². The zero-order valence-electron chi connectivity index (χ0n) is 12.0. The Morgan fingerprint density at radius 1 is 1.53 bits per heavy atom. The molecule has 1 saturated carbocycles. The summed E-state index contributed by atoms with van der Waals surface area (Å²) in [5, 5.41) is 9.04. The van der Waals surface area contributed by atoms with Crippen molar-refractivity contribution in [2.75, 3.05) is 11.9 Å². The second kappa shape index (κ2) is 6.01. The zero-order chi connectivity index (χ0) is 13.9. The van der Waals surface area contributed by atoms with E-state index in [1.165, 1.54) is 11.3 Å². The molecule has 0 aromatic carbocycles. The molecule has 2 N–H and O–H groups in total. The van der Waals surface area contributed by atoms with Crippen LogP contribution in [0.2, 0.25) is 0 Å². The Bertz CT molecular complexity index is 438. The molecule has 5 heteroatoms. The van der Waals surface area contributed by atoms with E-state index in [1.807, 2.05) is 5.38 Å². The van der Waals surface area contributed by atoms with Crippen molar-refractivity contribution in [3.63, 3.8) is 0 Å². The highest BCUT2D eigenvalue weighted by atomic mass is 32.1. The van der Waals surface area contributed by atoms with Gasteiger partial charge in [0.05, 0.1) is 5.69 Å². The van der Waals surface area contributed by atoms with E-state index in [4.69, 9.17) is 0 Å². The summed E-state index contributed by atoms with van der Waals surface area (Å²) in [5.41, 5.74) is 0.803. The number of thiazole rings is 1. The van der Waals surface area contributed by atoms with E-state index in [0.29, 0.717) is 0 Å². The molecule has 0 radical (unpaired) electrons. The molecule has 2 rings (SSSR count). The fourth-order valence-corrected chi connectivity index (χ4v) is 3.38. The van der Waals surface area contributed by atoms with Crippen molar-refractivity contribution in [1.82, 2.24) is 10.3 Å². The van der Waals surface area contributed by atoms with E-state index < -0.39 is 0 Å². The Kier molecular flexibility index (Phi) is 4.58. The summed E-state index contributed by atoms with van der Waals surface area (Å²) in [6, 6.07) is 0.231. The lowest BCUT2D eigenvalue weighted by molar-refractivity contribution is -0.124. The zero-order valence-corrected chi connectivity index (χ0v) is 12.8. The number of nitrogens with one attached hydrogen (secondary N) is 2. The molecular weight excluding hydrogens is 258 g/mol. The van der Waals surface area contributed by atoms with Gasteiger partial charge in [0.15, 0.2) is 5.13 Å². The molecule has 0 saturated heterocycles. The summed E-state index contributed by atoms with van der Waals surface area (Å²) in [6.07, 6.45) is 4.30. The minimum Gasteiger partial charge on any atom is -0.309 e. The van der Waals surface area contributed by atoms with E-state index in [1.54, 1.807) is 0 Å². The Morgan fingerprint density at radius 2 is 2.21 bits per heavy atom. The molecule has 19 heavy (non-hydrogen) atoms. The van der Waals surface area contributed by atoms with Crippen molar-refractivity contribution in [2.45, 2.75) is 52.5 Å². The lowest BCUT2D eigenvalue weighted by atomic mass is 9.88. The van der Waals surface area contributed by atoms with E-state index in [-0.39, 0.29) is 17.4 Å². The maximum atomic E-state index is 12.3. The average molecular weight is 281 g/mol. The number of amides is 1. The third kappa shape index (κ3) is 3.34. The lowest BCUT2D eigenvalue weighted by Crippen LogP contribution is -2.30. The number of carbonyl (C=O) groups excluding carboxylic acids is 1. The van der Waals surface area contributed by atoms with Crippen LogP contribution in [-0.2, 0) is 4.79 Å². The van der Waals surface area contributed by atoms with E-state index in [0.717, 1.165) is 43.1 Å². The first-order valence-corrected chi connectivity index (χ1v) is 7.93. The molecule has 1 unspecified atom stereocenters. The van der Waals surface area contributed by atoms with Gasteiger partial charge in [-0.1, -0.05) is 26.7 Å². The van der Waals surface area contributed by atoms with Crippen molar-refractivity contribution in [3.8, 4) is 0 Å². The number of rotatable bonds is 5. The Labute approximate surface area is 119 Å². The highest BCUT2D eigenvalue weighted by Gasteiger charge is 2.36. The van der Waals surface area contributed by atoms with Gasteiger partial charge in [0.1, 0.15) is 0 Å². The number of anilines is 1. The molecule has 1 aromatic heterocycles. The Hall–Kier alpha value is -0.940. The third-order valence-corrected chi connectivity index (χ3v) is 4.73. The SMILES string of the molecule is CCNC(C)c1csc(NC(=O)C2(C)CCCC2)n1. The van der Waals surface area contributed by atoms with Gasteiger partial charge in [0.2, 0.25) is 5.91 Å². The monoisotopic (exact) mass is 281 g/mol. The van der Waals surface area contributed by atoms with Crippen LogP contribution in [0.25, 0.3) is 0 Å². The molecule has 1 atom stereocenters. The largest absolute Gasteiger partial charge is 0.309 e. The molecule has 1 fully saturated rings. The maximum absolute atomic E-state index is 12.3. The summed E-state index contributed by atoms with van der Waals surface area (Å²) < 4.78 is 0. The van der Waals surface area contributed by atoms with Gasteiger partial charge in [-0.2, -0.15) is 0 Å². The van der Waals surface area contributed by atoms with Gasteiger partial charge < -0.3 is 10.6 Å². The van der Waals surface area contributed by atoms with Crippen molar-refractivity contribution in [3.05, 3.63) is 11.1 Å². The number of hydrogen-bond acceptors (Lipinski definition) is 4. The smallest absolute Gasteiger partial charge is 0.232 e. The van der Waals surface area contributed by atoms with Gasteiger partial charge >= 0.3 is 0 Å². The minimum atomic E-state index is -0.195. The molecule has 1 amide bonds. The average Bonchev–Trinajstić information content (AvgIpc) is 2.99. The maximum Gasteiger partial charge on any atom is 0.232 e. The quantitative estimate of drug-likeness (QED) is 0.870. The van der Waals surface area contributed by atoms with Crippen LogP contribution in [-0.4, -0.2) is 17.4 Å². The van der Waals surface area contributed by atoms with Crippen LogP contribution in [0.15, 0.2) is 5.38 Å². The Balaban J connectivity index is 1.98. The van der Waals surface area contributed by atoms with E-state index >= 15 is 0 Å². The molecular formula is C14H23N3OS. The predicted octanol–water partition coefficient (Wildman–Crippen LogP) is 3.33. The van der Waals surface area contributed by atoms with Crippen molar-refractivity contribution in [2.24, 2.45) is 5.41 Å². The van der Waals surface area contributed by atoms with Crippen molar-refractivity contribution in [1.29, 1.82) is 0 Å². The Morgan fingerprint density at radius 3 is 2.84 bits per heavy atom. The molecule has 0 aliphatic heterocycles. The first-order valence-electron chi connectivity index (χ1n) is 7.05. The number of carbonyl (C=O) groups is 1. The molecule has 1 heterocycles. The van der Waals surface area contributed by atoms with Gasteiger partial charge in [0, 0.05) is 16.8 Å². The summed E-state index contributed by atoms with van der Waals surface area (Å²) in [5.74, 6) is 0.127. The van der Waals surface area contributed by atoms with Crippen LogP contribution in [0.1, 0.15) is 58.2 Å². The van der Waals surface area contributed by atoms with Gasteiger partial charge in [-0.25, -0.2) is 4.98 Å². The normalized spacial score (nSPS) is 19.3. The molecule has 106 valence electrons. The van der Waals surface area contributed by atoms with E-state index in [9.17, 15) is 4.79 Å². The summed E-state index contributed by atoms with van der Waals surface area (Å²) in [6.45, 7) is 7.14. The number of nitrogens with zero attached hydrogens (tertiary/aromatic N) is 1. The van der Waals surface area contributed by atoms with Crippen molar-refractivity contribution >= 4 is 22.4 Å². The molecule has 1 aliphatic carbocycles. The molecule has 0 spiro atoms. The highest BCUT2D eigenvalue weighted by Crippen LogP contribution is 2.38. The van der Waals surface area contributed by atoms with Gasteiger partial charge in [-0.3, -0.25) is 4.79 Å². The summed E-state index contributed by atoms with van der Waals surface area (Å²) >= 11 is 1.51. The standard InChI is InChI=1S/C14H23N3OS/c1-4-15-10(2)11-9-19-13(16-11)17-12(18)14(3)7-5-6-8-14/h9-10,15H,4-8H2,1-3H3,(H,16,17,18). The molecule has 1 aromatic rings. The van der Waals surface area contributed by atoms with Crippen LogP contribution in [0, 0.1) is 5.41 Å². The second-order valence-corrected chi connectivity index (χ2v) is 6.44. The van der Waals surface area contributed by atoms with Crippen LogP contribution >= 0.6 is 11.3 Å². The minimum absolute atomic E-state index is 0.127. The highest BCUT2D eigenvalue weighted by molar-refractivity contribution is 7.13.